The molecule has 1 fully saturated rings. The maximum Gasteiger partial charge on any atom is 0.282 e. The Morgan fingerprint density at radius 1 is 1.47 bits per heavy atom. The van der Waals surface area contributed by atoms with Crippen LogP contribution < -0.4 is 0 Å². The van der Waals surface area contributed by atoms with Crippen molar-refractivity contribution in [3.8, 4) is 0 Å². The Labute approximate surface area is 92.2 Å². The minimum atomic E-state index is -3.31. The zero-order valence-corrected chi connectivity index (χ0v) is 10.6. The summed E-state index contributed by atoms with van der Waals surface area (Å²) in [5.41, 5.74) is 0. The normalized spacial score (nSPS) is 25.1. The van der Waals surface area contributed by atoms with Crippen LogP contribution in [0.1, 0.15) is 20.8 Å². The molecule has 0 amide bonds. The van der Waals surface area contributed by atoms with Crippen LogP contribution in [-0.2, 0) is 14.9 Å². The van der Waals surface area contributed by atoms with E-state index in [1.54, 1.807) is 7.05 Å². The van der Waals surface area contributed by atoms with Crippen molar-refractivity contribution in [1.82, 2.24) is 8.61 Å². The van der Waals surface area contributed by atoms with E-state index in [0.29, 0.717) is 19.7 Å². The van der Waals surface area contributed by atoms with Gasteiger partial charge in [-0.3, -0.25) is 0 Å². The van der Waals surface area contributed by atoms with Crippen LogP contribution in [0.15, 0.2) is 0 Å². The van der Waals surface area contributed by atoms with Crippen molar-refractivity contribution in [2.45, 2.75) is 32.9 Å². The predicted octanol–water partition coefficient (Wildman–Crippen LogP) is 0.292. The zero-order chi connectivity index (χ0) is 11.6. The fourth-order valence-corrected chi connectivity index (χ4v) is 3.05. The Bertz CT molecular complexity index is 302. The van der Waals surface area contributed by atoms with Gasteiger partial charge in [0.25, 0.3) is 10.2 Å². The summed E-state index contributed by atoms with van der Waals surface area (Å²) in [6, 6.07) is -0.0202. The van der Waals surface area contributed by atoms with Gasteiger partial charge in [-0.2, -0.15) is 17.0 Å². The first-order valence-corrected chi connectivity index (χ1v) is 6.60. The van der Waals surface area contributed by atoms with Crippen LogP contribution in [0.25, 0.3) is 0 Å². The lowest BCUT2D eigenvalue weighted by molar-refractivity contribution is 0.00825. The van der Waals surface area contributed by atoms with Gasteiger partial charge in [0.05, 0.1) is 12.7 Å². The summed E-state index contributed by atoms with van der Waals surface area (Å²) in [4.78, 5) is 0. The lowest BCUT2D eigenvalue weighted by atomic mass is 10.3. The molecule has 1 atom stereocenters. The second-order valence-electron chi connectivity index (χ2n) is 4.16. The molecule has 0 radical (unpaired) electrons. The number of hydrogen-bond acceptors (Lipinski definition) is 3. The van der Waals surface area contributed by atoms with Gasteiger partial charge in [0.1, 0.15) is 0 Å². The van der Waals surface area contributed by atoms with Gasteiger partial charge in [0.2, 0.25) is 0 Å². The van der Waals surface area contributed by atoms with Crippen molar-refractivity contribution in [2.24, 2.45) is 0 Å². The van der Waals surface area contributed by atoms with Crippen LogP contribution in [0.3, 0.4) is 0 Å². The molecular weight excluding hydrogens is 216 g/mol. The van der Waals surface area contributed by atoms with Crippen LogP contribution in [0.5, 0.6) is 0 Å². The first-order chi connectivity index (χ1) is 6.85. The summed E-state index contributed by atoms with van der Waals surface area (Å²) >= 11 is 0. The molecule has 1 aliphatic heterocycles. The first-order valence-electron chi connectivity index (χ1n) is 5.20. The number of hydrogen-bond donors (Lipinski definition) is 0. The van der Waals surface area contributed by atoms with E-state index in [9.17, 15) is 8.42 Å². The van der Waals surface area contributed by atoms with Crippen molar-refractivity contribution in [3.05, 3.63) is 0 Å². The molecule has 90 valence electrons. The molecule has 1 saturated heterocycles. The van der Waals surface area contributed by atoms with Crippen LogP contribution >= 0.6 is 0 Å². The van der Waals surface area contributed by atoms with Gasteiger partial charge < -0.3 is 4.74 Å². The van der Waals surface area contributed by atoms with Crippen molar-refractivity contribution in [2.75, 3.05) is 26.7 Å². The number of rotatable bonds is 3. The van der Waals surface area contributed by atoms with E-state index in [-0.39, 0.29) is 12.1 Å². The van der Waals surface area contributed by atoms with E-state index in [1.165, 1.54) is 8.61 Å². The molecule has 0 aromatic heterocycles. The Morgan fingerprint density at radius 2 is 2.07 bits per heavy atom. The fourth-order valence-electron chi connectivity index (χ4n) is 1.44. The molecule has 15 heavy (non-hydrogen) atoms. The Morgan fingerprint density at radius 3 is 2.53 bits per heavy atom. The molecule has 0 spiro atoms. The Kier molecular flexibility index (Phi) is 4.11. The minimum Gasteiger partial charge on any atom is -0.376 e. The molecule has 1 heterocycles. The zero-order valence-electron chi connectivity index (χ0n) is 9.80. The molecule has 1 rings (SSSR count). The van der Waals surface area contributed by atoms with Gasteiger partial charge in [0.15, 0.2) is 0 Å². The monoisotopic (exact) mass is 236 g/mol. The first kappa shape index (κ1) is 12.9. The number of morpholine rings is 1. The Balaban J connectivity index is 2.77. The highest BCUT2D eigenvalue weighted by Crippen LogP contribution is 2.14. The maximum atomic E-state index is 12.1. The van der Waals surface area contributed by atoms with Crippen molar-refractivity contribution < 1.29 is 13.2 Å². The van der Waals surface area contributed by atoms with Gasteiger partial charge >= 0.3 is 0 Å². The molecule has 1 unspecified atom stereocenters. The summed E-state index contributed by atoms with van der Waals surface area (Å²) < 4.78 is 32.3. The lowest BCUT2D eigenvalue weighted by Gasteiger charge is -2.34. The van der Waals surface area contributed by atoms with Gasteiger partial charge in [-0.1, -0.05) is 0 Å². The van der Waals surface area contributed by atoms with E-state index in [1.807, 2.05) is 20.8 Å². The molecular formula is C9H20N2O3S. The topological polar surface area (TPSA) is 49.9 Å². The standard InChI is InChI=1S/C9H20N2O3S/c1-8(2)10(4)15(12,13)11-5-6-14-9(3)7-11/h8-9H,5-7H2,1-4H3. The SMILES string of the molecule is CC1CN(S(=O)(=O)N(C)C(C)C)CCO1. The third-order valence-electron chi connectivity index (χ3n) is 2.62. The minimum absolute atomic E-state index is 0.0194. The second kappa shape index (κ2) is 4.78. The average molecular weight is 236 g/mol. The third-order valence-corrected chi connectivity index (χ3v) is 4.75. The molecule has 0 aliphatic carbocycles. The van der Waals surface area contributed by atoms with Crippen molar-refractivity contribution in [3.63, 3.8) is 0 Å². The Hall–Kier alpha value is -0.170. The molecule has 6 heteroatoms. The highest BCUT2D eigenvalue weighted by atomic mass is 32.2. The van der Waals surface area contributed by atoms with Gasteiger partial charge in [-0.05, 0) is 20.8 Å². The number of ether oxygens (including phenoxy) is 1. The summed E-state index contributed by atoms with van der Waals surface area (Å²) in [6.07, 6.45) is -0.0194. The molecule has 0 bridgehead atoms. The average Bonchev–Trinajstić information content (AvgIpc) is 2.16. The van der Waals surface area contributed by atoms with Gasteiger partial charge in [-0.15, -0.1) is 0 Å². The van der Waals surface area contributed by atoms with Crippen LogP contribution in [-0.4, -0.2) is 55.9 Å². The molecule has 0 aromatic rings. The van der Waals surface area contributed by atoms with Crippen LogP contribution in [0.2, 0.25) is 0 Å². The predicted molar refractivity (Wildman–Crippen MR) is 58.8 cm³/mol. The van der Waals surface area contributed by atoms with Crippen LogP contribution in [0.4, 0.5) is 0 Å². The smallest absolute Gasteiger partial charge is 0.282 e. The second-order valence-corrected chi connectivity index (χ2v) is 6.15. The maximum absolute atomic E-state index is 12.1. The largest absolute Gasteiger partial charge is 0.376 e. The van der Waals surface area contributed by atoms with E-state index >= 15 is 0 Å². The summed E-state index contributed by atoms with van der Waals surface area (Å²) in [7, 11) is -1.70. The van der Waals surface area contributed by atoms with E-state index in [0.717, 1.165) is 0 Å². The highest BCUT2D eigenvalue weighted by molar-refractivity contribution is 7.86. The van der Waals surface area contributed by atoms with E-state index < -0.39 is 10.2 Å². The summed E-state index contributed by atoms with van der Waals surface area (Å²) in [5.74, 6) is 0. The molecule has 1 aliphatic rings. The highest BCUT2D eigenvalue weighted by Gasteiger charge is 2.31. The fraction of sp³-hybridized carbons (Fsp3) is 1.00. The number of nitrogens with zero attached hydrogens (tertiary/aromatic N) is 2. The lowest BCUT2D eigenvalue weighted by Crippen LogP contribution is -2.51. The summed E-state index contributed by atoms with van der Waals surface area (Å²) in [5, 5.41) is 0. The third kappa shape index (κ3) is 2.90. The van der Waals surface area contributed by atoms with Gasteiger partial charge in [0, 0.05) is 26.2 Å². The van der Waals surface area contributed by atoms with E-state index in [2.05, 4.69) is 0 Å². The quantitative estimate of drug-likeness (QED) is 0.708. The molecule has 0 aromatic carbocycles. The van der Waals surface area contributed by atoms with Crippen molar-refractivity contribution in [1.29, 1.82) is 0 Å². The summed E-state index contributed by atoms with van der Waals surface area (Å²) in [6.45, 7) is 6.98. The molecule has 5 nitrogen and oxygen atoms in total. The van der Waals surface area contributed by atoms with Crippen molar-refractivity contribution >= 4 is 10.2 Å². The van der Waals surface area contributed by atoms with Crippen LogP contribution in [0, 0.1) is 0 Å². The van der Waals surface area contributed by atoms with E-state index in [4.69, 9.17) is 4.74 Å². The molecule has 0 N–H and O–H groups in total. The molecule has 0 saturated carbocycles. The van der Waals surface area contributed by atoms with Gasteiger partial charge in [-0.25, -0.2) is 0 Å².